The van der Waals surface area contributed by atoms with E-state index in [1.165, 1.54) is 44.6 Å². The van der Waals surface area contributed by atoms with Crippen molar-refractivity contribution < 1.29 is 4.90 Å². The highest BCUT2D eigenvalue weighted by Crippen LogP contribution is 2.24. The smallest absolute Gasteiger partial charge is 0.170 e. The molecule has 2 saturated heterocycles. The van der Waals surface area contributed by atoms with Gasteiger partial charge in [0.05, 0.1) is 13.1 Å². The van der Waals surface area contributed by atoms with Crippen molar-refractivity contribution in [2.24, 2.45) is 0 Å². The van der Waals surface area contributed by atoms with Crippen LogP contribution in [-0.2, 0) is 0 Å². The maximum atomic E-state index is 2.65. The minimum atomic E-state index is 0.642. The monoisotopic (exact) mass is 217 g/mol. The van der Waals surface area contributed by atoms with E-state index in [1.807, 2.05) is 0 Å². The van der Waals surface area contributed by atoms with Gasteiger partial charge in [0.25, 0.3) is 0 Å². The molecule has 0 aromatic heterocycles. The van der Waals surface area contributed by atoms with Gasteiger partial charge in [-0.1, -0.05) is 24.3 Å². The average molecular weight is 217 g/mol. The first kappa shape index (κ1) is 10.3. The van der Waals surface area contributed by atoms with Crippen LogP contribution in [-0.4, -0.2) is 31.1 Å². The summed E-state index contributed by atoms with van der Waals surface area (Å²) in [4.78, 5) is 4.42. The number of nitrogens with zero attached hydrogens (tertiary/aromatic N) is 1. The first-order chi connectivity index (χ1) is 7.86. The molecule has 1 aromatic carbocycles. The Morgan fingerprint density at radius 3 is 2.38 bits per heavy atom. The number of aryl methyl sites for hydroxylation is 1. The molecule has 0 radical (unpaired) electrons. The summed E-state index contributed by atoms with van der Waals surface area (Å²) < 4.78 is 0. The van der Waals surface area contributed by atoms with Gasteiger partial charge in [-0.25, -0.2) is 0 Å². The Morgan fingerprint density at radius 1 is 1.12 bits per heavy atom. The van der Waals surface area contributed by atoms with Crippen LogP contribution in [0.25, 0.3) is 0 Å². The van der Waals surface area contributed by atoms with E-state index in [-0.39, 0.29) is 0 Å². The lowest BCUT2D eigenvalue weighted by Gasteiger charge is -2.45. The molecule has 2 heteroatoms. The van der Waals surface area contributed by atoms with Gasteiger partial charge in [-0.3, -0.25) is 4.90 Å². The zero-order valence-electron chi connectivity index (χ0n) is 10.1. The molecule has 1 unspecified atom stereocenters. The summed E-state index contributed by atoms with van der Waals surface area (Å²) in [5, 5.41) is 0. The van der Waals surface area contributed by atoms with E-state index in [1.54, 1.807) is 10.5 Å². The lowest BCUT2D eigenvalue weighted by atomic mass is 9.99. The molecule has 1 N–H and O–H groups in total. The van der Waals surface area contributed by atoms with E-state index in [9.17, 15) is 0 Å². The van der Waals surface area contributed by atoms with Crippen LogP contribution in [0.1, 0.15) is 30.1 Å². The topological polar surface area (TPSA) is 7.68 Å². The van der Waals surface area contributed by atoms with Crippen LogP contribution in [0.4, 0.5) is 0 Å². The number of nitrogens with one attached hydrogen (secondary N) is 1. The molecule has 3 rings (SSSR count). The number of hydrogen-bond donors (Lipinski definition) is 1. The number of benzene rings is 1. The van der Waals surface area contributed by atoms with Gasteiger partial charge >= 0.3 is 0 Å². The summed E-state index contributed by atoms with van der Waals surface area (Å²) in [6.07, 6.45) is 3.44. The molecule has 2 aliphatic rings. The second-order valence-corrected chi connectivity index (χ2v) is 5.16. The van der Waals surface area contributed by atoms with Crippen molar-refractivity contribution in [1.82, 2.24) is 4.90 Å². The highest BCUT2D eigenvalue weighted by Gasteiger charge is 2.37. The molecule has 2 heterocycles. The van der Waals surface area contributed by atoms with Crippen molar-refractivity contribution in [2.45, 2.75) is 25.9 Å². The Balaban J connectivity index is 1.89. The number of hydrogen-bond acceptors (Lipinski definition) is 1. The Bertz CT molecular complexity index is 353. The fourth-order valence-corrected chi connectivity index (χ4v) is 2.82. The summed E-state index contributed by atoms with van der Waals surface area (Å²) in [6, 6.07) is 8.91. The van der Waals surface area contributed by atoms with Crippen LogP contribution >= 0.6 is 0 Å². The van der Waals surface area contributed by atoms with Gasteiger partial charge in [-0.2, -0.15) is 0 Å². The van der Waals surface area contributed by atoms with E-state index in [0.717, 1.165) is 0 Å². The average Bonchev–Trinajstić information content (AvgIpc) is 2.12. The molecule has 0 aliphatic carbocycles. The lowest BCUT2D eigenvalue weighted by Crippen LogP contribution is -3.19. The molecule has 2 aliphatic heterocycles. The zero-order valence-corrected chi connectivity index (χ0v) is 10.1. The Labute approximate surface area is 97.9 Å². The molecular formula is C14H21N2+. The molecule has 86 valence electrons. The second-order valence-electron chi connectivity index (χ2n) is 5.16. The highest BCUT2D eigenvalue weighted by atomic mass is 15.4. The molecular weight excluding hydrogens is 196 g/mol. The first-order valence-corrected chi connectivity index (χ1v) is 6.50. The maximum Gasteiger partial charge on any atom is 0.170 e. The van der Waals surface area contributed by atoms with Crippen molar-refractivity contribution in [1.29, 1.82) is 0 Å². The van der Waals surface area contributed by atoms with Crippen molar-refractivity contribution in [3.05, 3.63) is 35.4 Å². The molecule has 16 heavy (non-hydrogen) atoms. The van der Waals surface area contributed by atoms with E-state index in [4.69, 9.17) is 0 Å². The summed E-state index contributed by atoms with van der Waals surface area (Å²) in [7, 11) is 0. The number of quaternary nitrogens is 1. The Kier molecular flexibility index (Phi) is 2.70. The standard InChI is InChI=1S/C14H20N2/c1-12-6-2-3-7-13(12)14(15-8-4-9-15)16-10-5-11-16/h2-3,6-7,14H,4-5,8-11H2,1H3/p+1. The minimum Gasteiger partial charge on any atom is -0.316 e. The van der Waals surface area contributed by atoms with E-state index in [0.29, 0.717) is 6.17 Å². The van der Waals surface area contributed by atoms with Crippen molar-refractivity contribution in [3.63, 3.8) is 0 Å². The van der Waals surface area contributed by atoms with Crippen molar-refractivity contribution in [2.75, 3.05) is 26.2 Å². The van der Waals surface area contributed by atoms with Gasteiger partial charge in [0.15, 0.2) is 6.17 Å². The Morgan fingerprint density at radius 2 is 1.88 bits per heavy atom. The van der Waals surface area contributed by atoms with Crippen LogP contribution in [0.15, 0.2) is 24.3 Å². The van der Waals surface area contributed by atoms with E-state index >= 15 is 0 Å². The predicted octanol–water partition coefficient (Wildman–Crippen LogP) is 0.988. The van der Waals surface area contributed by atoms with Crippen LogP contribution in [0.3, 0.4) is 0 Å². The molecule has 1 aromatic rings. The molecule has 0 amide bonds. The van der Waals surface area contributed by atoms with Gasteiger partial charge in [0.2, 0.25) is 0 Å². The molecule has 0 bridgehead atoms. The largest absolute Gasteiger partial charge is 0.316 e. The normalized spacial score (nSPS) is 23.6. The van der Waals surface area contributed by atoms with Crippen LogP contribution in [0, 0.1) is 6.92 Å². The summed E-state index contributed by atoms with van der Waals surface area (Å²) >= 11 is 0. The predicted molar refractivity (Wildman–Crippen MR) is 65.4 cm³/mol. The van der Waals surface area contributed by atoms with Crippen LogP contribution < -0.4 is 4.90 Å². The van der Waals surface area contributed by atoms with Gasteiger partial charge in [0.1, 0.15) is 0 Å². The van der Waals surface area contributed by atoms with Crippen molar-refractivity contribution in [3.8, 4) is 0 Å². The van der Waals surface area contributed by atoms with Gasteiger partial charge in [0, 0.05) is 25.1 Å². The molecule has 2 fully saturated rings. The number of likely N-dealkylation sites (tertiary alicyclic amines) is 2. The van der Waals surface area contributed by atoms with E-state index < -0.39 is 0 Å². The fraction of sp³-hybridized carbons (Fsp3) is 0.571. The summed E-state index contributed by atoms with van der Waals surface area (Å²) in [5.41, 5.74) is 3.01. The summed E-state index contributed by atoms with van der Waals surface area (Å²) in [6.45, 7) is 7.55. The summed E-state index contributed by atoms with van der Waals surface area (Å²) in [5.74, 6) is 0. The quantitative estimate of drug-likeness (QED) is 0.793. The zero-order chi connectivity index (χ0) is 11.0. The first-order valence-electron chi connectivity index (χ1n) is 6.50. The molecule has 1 atom stereocenters. The van der Waals surface area contributed by atoms with Gasteiger partial charge in [-0.15, -0.1) is 0 Å². The lowest BCUT2D eigenvalue weighted by molar-refractivity contribution is -0.981. The van der Waals surface area contributed by atoms with Gasteiger partial charge < -0.3 is 4.90 Å². The van der Waals surface area contributed by atoms with E-state index in [2.05, 4.69) is 36.1 Å². The minimum absolute atomic E-state index is 0.642. The third-order valence-electron chi connectivity index (χ3n) is 4.12. The van der Waals surface area contributed by atoms with Crippen LogP contribution in [0.5, 0.6) is 0 Å². The molecule has 2 nitrogen and oxygen atoms in total. The maximum absolute atomic E-state index is 2.65. The highest BCUT2D eigenvalue weighted by molar-refractivity contribution is 5.27. The Hall–Kier alpha value is -0.860. The third-order valence-corrected chi connectivity index (χ3v) is 4.12. The molecule has 0 spiro atoms. The third kappa shape index (κ3) is 1.66. The SMILES string of the molecule is Cc1ccccc1C(N1CCC1)[NH+]1CCC1. The second kappa shape index (κ2) is 4.19. The number of rotatable bonds is 3. The molecule has 0 saturated carbocycles. The fourth-order valence-electron chi connectivity index (χ4n) is 2.82. The van der Waals surface area contributed by atoms with Crippen LogP contribution in [0.2, 0.25) is 0 Å². The van der Waals surface area contributed by atoms with Crippen molar-refractivity contribution >= 4 is 0 Å². The van der Waals surface area contributed by atoms with Gasteiger partial charge in [-0.05, 0) is 18.9 Å².